The number of benzene rings is 1. The Kier molecular flexibility index (Phi) is 4.90. The van der Waals surface area contributed by atoms with Crippen molar-refractivity contribution < 1.29 is 37.7 Å². The molecule has 0 amide bonds. The number of aryl methyl sites for hydroxylation is 1. The maximum atomic E-state index is 11.7. The normalized spacial score (nSPS) is 10.1. The summed E-state index contributed by atoms with van der Waals surface area (Å²) in [7, 11) is 0. The Morgan fingerprint density at radius 2 is 2.06 bits per heavy atom. The fourth-order valence-electron chi connectivity index (χ4n) is 1.81. The summed E-state index contributed by atoms with van der Waals surface area (Å²) >= 11 is 0. The van der Waals surface area contributed by atoms with Crippen molar-refractivity contribution in [2.75, 3.05) is 0 Å². The Hall–Kier alpha value is -0.905. The Labute approximate surface area is 128 Å². The monoisotopic (exact) mass is 225 g/mol. The van der Waals surface area contributed by atoms with E-state index < -0.39 is 0 Å². The third-order valence-corrected chi connectivity index (χ3v) is 2.60. The van der Waals surface area contributed by atoms with E-state index in [4.69, 9.17) is 0 Å². The summed E-state index contributed by atoms with van der Waals surface area (Å²) in [4.78, 5) is 15.7. The van der Waals surface area contributed by atoms with Crippen molar-refractivity contribution in [2.24, 2.45) is 0 Å². The summed E-state index contributed by atoms with van der Waals surface area (Å²) in [6.45, 7) is 2.66. The number of nitrogens with zero attached hydrogens (tertiary/aromatic N) is 3. The number of rotatable bonds is 1. The quantitative estimate of drug-likeness (QED) is 0.309. The van der Waals surface area contributed by atoms with Crippen molar-refractivity contribution in [1.82, 2.24) is 14.8 Å². The van der Waals surface area contributed by atoms with E-state index in [-0.39, 0.29) is 43.3 Å². The van der Waals surface area contributed by atoms with Gasteiger partial charge in [0.2, 0.25) is 0 Å². The van der Waals surface area contributed by atoms with Crippen LogP contribution in [0.25, 0.3) is 21.8 Å². The van der Waals surface area contributed by atoms with Gasteiger partial charge in [-0.05, 0) is 6.92 Å². The van der Waals surface area contributed by atoms with Gasteiger partial charge in [0.15, 0.2) is 0 Å². The molecule has 0 spiro atoms. The first kappa shape index (κ1) is 15.2. The van der Waals surface area contributed by atoms with E-state index in [9.17, 15) is 4.79 Å². The maximum Gasteiger partial charge on any atom is 1.00 e. The molecular formula is C12H9Li2N3O. The molecule has 0 fully saturated rings. The molecule has 0 aliphatic carbocycles. The van der Waals surface area contributed by atoms with Gasteiger partial charge in [0.25, 0.3) is 0 Å². The number of pyridine rings is 1. The zero-order valence-corrected chi connectivity index (χ0v) is 10.8. The molecule has 0 N–H and O–H groups in total. The molecule has 18 heavy (non-hydrogen) atoms. The summed E-state index contributed by atoms with van der Waals surface area (Å²) in [6, 6.07) is 7.55. The van der Waals surface area contributed by atoms with Crippen molar-refractivity contribution in [3.8, 4) is 0 Å². The van der Waals surface area contributed by atoms with Crippen LogP contribution in [0.15, 0.2) is 29.1 Å². The van der Waals surface area contributed by atoms with E-state index in [1.54, 1.807) is 4.68 Å². The van der Waals surface area contributed by atoms with E-state index in [2.05, 4.69) is 16.3 Å². The number of hydrogen-bond donors (Lipinski definition) is 0. The van der Waals surface area contributed by atoms with Crippen LogP contribution in [0.5, 0.6) is 0 Å². The summed E-state index contributed by atoms with van der Waals surface area (Å²) in [5.41, 5.74) is 0.824. The van der Waals surface area contributed by atoms with Crippen LogP contribution in [-0.4, -0.2) is 9.78 Å². The SMILES string of the molecule is CCn1[c-]c2c(n1)c(=O)[n-]c1ccccc12.[Li+].[Li+]. The summed E-state index contributed by atoms with van der Waals surface area (Å²) in [5, 5.41) is 5.86. The molecule has 2 aromatic heterocycles. The van der Waals surface area contributed by atoms with Crippen molar-refractivity contribution in [3.63, 3.8) is 0 Å². The first-order valence-electron chi connectivity index (χ1n) is 5.15. The van der Waals surface area contributed by atoms with Crippen LogP contribution in [0.1, 0.15) is 6.92 Å². The Morgan fingerprint density at radius 1 is 1.33 bits per heavy atom. The first-order valence-corrected chi connectivity index (χ1v) is 5.15. The number of para-hydroxylation sites is 1. The van der Waals surface area contributed by atoms with E-state index in [1.165, 1.54) is 0 Å². The molecule has 0 saturated heterocycles. The molecule has 2 heterocycles. The molecule has 0 atom stereocenters. The van der Waals surface area contributed by atoms with Gasteiger partial charge in [-0.25, -0.2) is 0 Å². The minimum Gasteiger partial charge on any atom is -0.643 e. The van der Waals surface area contributed by atoms with Gasteiger partial charge >= 0.3 is 37.7 Å². The van der Waals surface area contributed by atoms with Crippen LogP contribution in [0.4, 0.5) is 0 Å². The van der Waals surface area contributed by atoms with Gasteiger partial charge in [0.1, 0.15) is 0 Å². The molecule has 4 nitrogen and oxygen atoms in total. The van der Waals surface area contributed by atoms with Gasteiger partial charge in [0, 0.05) is 17.6 Å². The van der Waals surface area contributed by atoms with Gasteiger partial charge in [-0.1, -0.05) is 24.4 Å². The van der Waals surface area contributed by atoms with E-state index in [0.717, 1.165) is 10.8 Å². The van der Waals surface area contributed by atoms with E-state index in [0.29, 0.717) is 17.6 Å². The largest absolute Gasteiger partial charge is 1.00 e. The molecule has 80 valence electrons. The third-order valence-electron chi connectivity index (χ3n) is 2.60. The Balaban J connectivity index is 0.000000810. The van der Waals surface area contributed by atoms with Crippen LogP contribution in [-0.2, 0) is 6.54 Å². The van der Waals surface area contributed by atoms with Crippen LogP contribution in [0, 0.1) is 6.20 Å². The fourth-order valence-corrected chi connectivity index (χ4v) is 1.81. The molecule has 0 aliphatic rings. The topological polar surface area (TPSA) is 49.0 Å². The first-order chi connectivity index (χ1) is 7.79. The molecule has 0 radical (unpaired) electrons. The summed E-state index contributed by atoms with van der Waals surface area (Å²) in [6.07, 6.45) is 3.09. The number of aromatic nitrogens is 3. The summed E-state index contributed by atoms with van der Waals surface area (Å²) < 4.78 is 1.64. The van der Waals surface area contributed by atoms with Crippen LogP contribution in [0.3, 0.4) is 0 Å². The van der Waals surface area contributed by atoms with E-state index >= 15 is 0 Å². The minimum absolute atomic E-state index is 0. The standard InChI is InChI=1S/C12H10N3O.2Li/c1-2-15-7-9-8-5-3-4-6-10(8)13-12(16)11(9)14-15;;/h3-6H,2H2,1H3,(H,13,16);;/q-1;2*+1/p-1. The number of hydrogen-bond acceptors (Lipinski definition) is 2. The van der Waals surface area contributed by atoms with Gasteiger partial charge < -0.3 is 14.5 Å². The Bertz CT molecular complexity index is 733. The van der Waals surface area contributed by atoms with Crippen LogP contribution >= 0.6 is 0 Å². The molecule has 0 unspecified atom stereocenters. The van der Waals surface area contributed by atoms with Crippen molar-refractivity contribution in [1.29, 1.82) is 0 Å². The van der Waals surface area contributed by atoms with Crippen LogP contribution in [0.2, 0.25) is 0 Å². The average Bonchev–Trinajstić information content (AvgIpc) is 2.74. The zero-order chi connectivity index (χ0) is 11.1. The molecule has 0 bridgehead atoms. The predicted molar refractivity (Wildman–Crippen MR) is 61.3 cm³/mol. The second kappa shape index (κ2) is 5.82. The third kappa shape index (κ3) is 2.30. The fraction of sp³-hybridized carbons (Fsp3) is 0.167. The smallest absolute Gasteiger partial charge is 0.643 e. The maximum absolute atomic E-state index is 11.7. The number of fused-ring (bicyclic) bond motifs is 3. The predicted octanol–water partition coefficient (Wildman–Crippen LogP) is -4.67. The molecule has 1 aromatic carbocycles. The molecule has 0 saturated carbocycles. The molecule has 6 heteroatoms. The molecule has 3 aromatic rings. The van der Waals surface area contributed by atoms with Gasteiger partial charge in [-0.15, -0.1) is 16.8 Å². The van der Waals surface area contributed by atoms with Gasteiger partial charge in [-0.3, -0.25) is 5.10 Å². The van der Waals surface area contributed by atoms with Crippen molar-refractivity contribution in [3.05, 3.63) is 40.8 Å². The molecule has 3 rings (SSSR count). The van der Waals surface area contributed by atoms with E-state index in [1.807, 2.05) is 31.2 Å². The van der Waals surface area contributed by atoms with Crippen molar-refractivity contribution in [2.45, 2.75) is 13.5 Å². The molecular weight excluding hydrogens is 216 g/mol. The second-order valence-electron chi connectivity index (χ2n) is 3.59. The van der Waals surface area contributed by atoms with Gasteiger partial charge in [0.05, 0.1) is 0 Å². The minimum atomic E-state index is -0.280. The molecule has 0 aliphatic heterocycles. The van der Waals surface area contributed by atoms with Crippen molar-refractivity contribution >= 4 is 21.8 Å². The average molecular weight is 225 g/mol. The van der Waals surface area contributed by atoms with Gasteiger partial charge in [-0.2, -0.15) is 5.52 Å². The second-order valence-corrected chi connectivity index (χ2v) is 3.59. The Morgan fingerprint density at radius 3 is 2.78 bits per heavy atom. The summed E-state index contributed by atoms with van der Waals surface area (Å²) in [5.74, 6) is 0. The van der Waals surface area contributed by atoms with Crippen LogP contribution < -0.4 is 48.3 Å². The zero-order valence-electron chi connectivity index (χ0n) is 10.8.